The summed E-state index contributed by atoms with van der Waals surface area (Å²) < 4.78 is 10.8. The number of thiophene rings is 1. The Bertz CT molecular complexity index is 601. The van der Waals surface area contributed by atoms with Gasteiger partial charge in [0, 0.05) is 50.6 Å². The zero-order valence-corrected chi connectivity index (χ0v) is 19.4. The third-order valence-electron chi connectivity index (χ3n) is 4.49. The van der Waals surface area contributed by atoms with Gasteiger partial charge >= 0.3 is 0 Å². The number of nitrogens with one attached hydrogen (secondary N) is 2. The monoisotopic (exact) mass is 518 g/mol. The lowest BCUT2D eigenvalue weighted by atomic mass is 10.3. The Morgan fingerprint density at radius 3 is 2.64 bits per heavy atom. The summed E-state index contributed by atoms with van der Waals surface area (Å²) in [5.41, 5.74) is 0. The van der Waals surface area contributed by atoms with Crippen LogP contribution in [0.4, 0.5) is 0 Å². The van der Waals surface area contributed by atoms with E-state index in [-0.39, 0.29) is 24.0 Å². The standard InChI is InChI=1S/C20H30N4O2S.HI/c1-4-18(26-14-1)6-9-22-20(23-10-7-19-5-2-17-27-19)21-8-3-11-24-12-15-25-16-13-24;/h1-2,4-5,14,17H,3,6-13,15-16H2,(H2,21,22,23);1H. The molecule has 2 aromatic rings. The van der Waals surface area contributed by atoms with E-state index in [9.17, 15) is 0 Å². The molecule has 1 saturated heterocycles. The van der Waals surface area contributed by atoms with Crippen LogP contribution in [0.2, 0.25) is 0 Å². The smallest absolute Gasteiger partial charge is 0.191 e. The van der Waals surface area contributed by atoms with Crippen LogP contribution in [0.5, 0.6) is 0 Å². The molecule has 2 N–H and O–H groups in total. The molecule has 3 rings (SSSR count). The molecule has 0 bridgehead atoms. The summed E-state index contributed by atoms with van der Waals surface area (Å²) in [4.78, 5) is 8.60. The molecule has 1 fully saturated rings. The van der Waals surface area contributed by atoms with E-state index in [4.69, 9.17) is 14.1 Å². The van der Waals surface area contributed by atoms with Gasteiger partial charge in [0.15, 0.2) is 5.96 Å². The fourth-order valence-electron chi connectivity index (χ4n) is 3.00. The van der Waals surface area contributed by atoms with Crippen molar-refractivity contribution >= 4 is 41.3 Å². The number of hydrogen-bond acceptors (Lipinski definition) is 5. The molecule has 2 aromatic heterocycles. The zero-order valence-electron chi connectivity index (χ0n) is 16.3. The van der Waals surface area contributed by atoms with Crippen LogP contribution in [0, 0.1) is 0 Å². The summed E-state index contributed by atoms with van der Waals surface area (Å²) in [5.74, 6) is 1.88. The fraction of sp³-hybridized carbons (Fsp3) is 0.550. The predicted octanol–water partition coefficient (Wildman–Crippen LogP) is 3.00. The minimum absolute atomic E-state index is 0. The maximum Gasteiger partial charge on any atom is 0.191 e. The highest BCUT2D eigenvalue weighted by atomic mass is 127. The van der Waals surface area contributed by atoms with Gasteiger partial charge in [-0.25, -0.2) is 0 Å². The first-order chi connectivity index (χ1) is 13.4. The van der Waals surface area contributed by atoms with Gasteiger partial charge in [-0.15, -0.1) is 35.3 Å². The average Bonchev–Trinajstić information content (AvgIpc) is 3.40. The first-order valence-electron chi connectivity index (χ1n) is 9.77. The minimum atomic E-state index is 0. The van der Waals surface area contributed by atoms with Crippen LogP contribution in [0.3, 0.4) is 0 Å². The SMILES string of the molecule is I.c1coc(CCNC(=NCCCN2CCOCC2)NCCc2cccs2)c1. The second-order valence-electron chi connectivity index (χ2n) is 6.55. The van der Waals surface area contributed by atoms with Crippen LogP contribution >= 0.6 is 35.3 Å². The maximum absolute atomic E-state index is 5.40. The first kappa shape index (κ1) is 23.2. The Labute approximate surface area is 188 Å². The van der Waals surface area contributed by atoms with Gasteiger partial charge in [0.1, 0.15) is 5.76 Å². The van der Waals surface area contributed by atoms with Crippen LogP contribution in [0.15, 0.2) is 45.3 Å². The van der Waals surface area contributed by atoms with Crippen molar-refractivity contribution < 1.29 is 9.15 Å². The highest BCUT2D eigenvalue weighted by Gasteiger charge is 2.09. The summed E-state index contributed by atoms with van der Waals surface area (Å²) in [6, 6.07) is 8.21. The molecule has 0 aromatic carbocycles. The second-order valence-corrected chi connectivity index (χ2v) is 7.58. The number of aliphatic imine (C=N–C) groups is 1. The molecular weight excluding hydrogens is 487 g/mol. The van der Waals surface area contributed by atoms with Gasteiger partial charge in [0.05, 0.1) is 19.5 Å². The topological polar surface area (TPSA) is 62.0 Å². The predicted molar refractivity (Wildman–Crippen MR) is 126 cm³/mol. The molecule has 0 atom stereocenters. The molecule has 156 valence electrons. The minimum Gasteiger partial charge on any atom is -0.469 e. The summed E-state index contributed by atoms with van der Waals surface area (Å²) >= 11 is 1.80. The lowest BCUT2D eigenvalue weighted by Gasteiger charge is -2.26. The number of guanidine groups is 1. The number of hydrogen-bond donors (Lipinski definition) is 2. The molecule has 28 heavy (non-hydrogen) atoms. The van der Waals surface area contributed by atoms with E-state index in [1.807, 2.05) is 12.1 Å². The van der Waals surface area contributed by atoms with E-state index in [1.165, 1.54) is 4.88 Å². The van der Waals surface area contributed by atoms with Gasteiger partial charge in [-0.05, 0) is 36.4 Å². The van der Waals surface area contributed by atoms with Crippen molar-refractivity contribution in [3.05, 3.63) is 46.5 Å². The van der Waals surface area contributed by atoms with Crippen LogP contribution < -0.4 is 10.6 Å². The van der Waals surface area contributed by atoms with Crippen molar-refractivity contribution in [3.63, 3.8) is 0 Å². The lowest BCUT2D eigenvalue weighted by molar-refractivity contribution is 0.0377. The molecule has 0 saturated carbocycles. The van der Waals surface area contributed by atoms with Gasteiger partial charge in [0.25, 0.3) is 0 Å². The number of halogens is 1. The average molecular weight is 518 g/mol. The van der Waals surface area contributed by atoms with Gasteiger partial charge in [-0.2, -0.15) is 0 Å². The molecule has 1 aliphatic heterocycles. The molecule has 8 heteroatoms. The number of morpholine rings is 1. The van der Waals surface area contributed by atoms with Crippen molar-refractivity contribution in [2.75, 3.05) is 52.5 Å². The van der Waals surface area contributed by atoms with Crippen LogP contribution in [-0.2, 0) is 17.6 Å². The number of furan rings is 1. The van der Waals surface area contributed by atoms with Gasteiger partial charge in [-0.1, -0.05) is 6.07 Å². The summed E-state index contributed by atoms with van der Waals surface area (Å²) in [6.07, 6.45) is 4.65. The van der Waals surface area contributed by atoms with Crippen molar-refractivity contribution in [1.29, 1.82) is 0 Å². The quantitative estimate of drug-likeness (QED) is 0.219. The number of rotatable bonds is 10. The Morgan fingerprint density at radius 2 is 1.93 bits per heavy atom. The maximum atomic E-state index is 5.40. The molecule has 0 unspecified atom stereocenters. The highest BCUT2D eigenvalue weighted by molar-refractivity contribution is 14.0. The Hall–Kier alpha value is -1.10. The van der Waals surface area contributed by atoms with Crippen LogP contribution in [0.1, 0.15) is 17.1 Å². The molecular formula is C20H31IN4O2S. The van der Waals surface area contributed by atoms with Crippen LogP contribution in [0.25, 0.3) is 0 Å². The summed E-state index contributed by atoms with van der Waals surface area (Å²) in [5, 5.41) is 9.01. The molecule has 6 nitrogen and oxygen atoms in total. The molecule has 3 heterocycles. The van der Waals surface area contributed by atoms with Crippen LogP contribution in [-0.4, -0.2) is 63.3 Å². The van der Waals surface area contributed by atoms with E-state index < -0.39 is 0 Å². The summed E-state index contributed by atoms with van der Waals surface area (Å²) in [6.45, 7) is 7.39. The molecule has 0 spiro atoms. The molecule has 0 radical (unpaired) electrons. The molecule has 0 aliphatic carbocycles. The highest BCUT2D eigenvalue weighted by Crippen LogP contribution is 2.08. The van der Waals surface area contributed by atoms with E-state index in [0.29, 0.717) is 0 Å². The van der Waals surface area contributed by atoms with E-state index in [1.54, 1.807) is 17.6 Å². The number of nitrogens with zero attached hydrogens (tertiary/aromatic N) is 2. The van der Waals surface area contributed by atoms with E-state index >= 15 is 0 Å². The first-order valence-corrected chi connectivity index (χ1v) is 10.7. The third kappa shape index (κ3) is 8.93. The second kappa shape index (κ2) is 14.0. The Morgan fingerprint density at radius 1 is 1.11 bits per heavy atom. The van der Waals surface area contributed by atoms with Crippen molar-refractivity contribution in [2.24, 2.45) is 4.99 Å². The van der Waals surface area contributed by atoms with Gasteiger partial charge in [0.2, 0.25) is 0 Å². The number of ether oxygens (including phenoxy) is 1. The molecule has 1 aliphatic rings. The van der Waals surface area contributed by atoms with Crippen molar-refractivity contribution in [3.8, 4) is 0 Å². The van der Waals surface area contributed by atoms with E-state index in [2.05, 4.69) is 33.0 Å². The Kier molecular flexibility index (Phi) is 11.6. The third-order valence-corrected chi connectivity index (χ3v) is 5.43. The summed E-state index contributed by atoms with van der Waals surface area (Å²) in [7, 11) is 0. The fourth-order valence-corrected chi connectivity index (χ4v) is 3.71. The molecule has 0 amide bonds. The van der Waals surface area contributed by atoms with Crippen molar-refractivity contribution in [2.45, 2.75) is 19.3 Å². The van der Waals surface area contributed by atoms with E-state index in [0.717, 1.165) is 83.5 Å². The Balaban J connectivity index is 0.00000280. The van der Waals surface area contributed by atoms with Gasteiger partial charge < -0.3 is 19.8 Å². The lowest BCUT2D eigenvalue weighted by Crippen LogP contribution is -2.40. The van der Waals surface area contributed by atoms with Crippen molar-refractivity contribution in [1.82, 2.24) is 15.5 Å². The zero-order chi connectivity index (χ0) is 18.6. The largest absolute Gasteiger partial charge is 0.469 e. The normalized spacial score (nSPS) is 15.2. The van der Waals surface area contributed by atoms with Gasteiger partial charge in [-0.3, -0.25) is 9.89 Å².